The molecule has 1 aromatic rings. The highest BCUT2D eigenvalue weighted by molar-refractivity contribution is 5.86. The normalized spacial score (nSPS) is 18.1. The number of rotatable bonds is 8. The molecular weight excluding hydrogens is 366 g/mol. The molecule has 2 amide bonds. The van der Waals surface area contributed by atoms with E-state index in [0.29, 0.717) is 18.3 Å². The lowest BCUT2D eigenvalue weighted by Gasteiger charge is -2.31. The molecule has 0 unspecified atom stereocenters. The van der Waals surface area contributed by atoms with E-state index < -0.39 is 5.54 Å². The van der Waals surface area contributed by atoms with Crippen molar-refractivity contribution in [2.24, 2.45) is 5.73 Å². The first-order chi connectivity index (χ1) is 12.5. The third-order valence-electron chi connectivity index (χ3n) is 5.13. The van der Waals surface area contributed by atoms with Crippen LogP contribution in [0, 0.1) is 0 Å². The fourth-order valence-electron chi connectivity index (χ4n) is 3.30. The van der Waals surface area contributed by atoms with Crippen molar-refractivity contribution in [2.45, 2.75) is 62.9 Å². The van der Waals surface area contributed by atoms with Gasteiger partial charge in [0.1, 0.15) is 5.75 Å². The van der Waals surface area contributed by atoms with Gasteiger partial charge in [-0.1, -0.05) is 31.4 Å². The molecule has 0 spiro atoms. The second-order valence-corrected chi connectivity index (χ2v) is 7.50. The first-order valence-corrected chi connectivity index (χ1v) is 9.63. The van der Waals surface area contributed by atoms with E-state index >= 15 is 0 Å². The van der Waals surface area contributed by atoms with Crippen LogP contribution >= 0.6 is 12.4 Å². The standard InChI is InChI=1S/C20H29N3O3.ClH/c21-20(11-2-1-3-12-20)19(25)22-13-10-15-4-8-17(9-5-15)26-14-18(24)23-16-6-7-16;/h4-5,8-9,16H,1-3,6-7,10-14,21H2,(H,22,25)(H,23,24);1H. The van der Waals surface area contributed by atoms with E-state index in [1.54, 1.807) is 0 Å². The molecule has 0 radical (unpaired) electrons. The van der Waals surface area contributed by atoms with Gasteiger partial charge in [-0.2, -0.15) is 0 Å². The molecule has 3 rings (SSSR count). The van der Waals surface area contributed by atoms with Gasteiger partial charge < -0.3 is 21.1 Å². The summed E-state index contributed by atoms with van der Waals surface area (Å²) >= 11 is 0. The first kappa shape index (κ1) is 21.5. The smallest absolute Gasteiger partial charge is 0.258 e. The lowest BCUT2D eigenvalue weighted by atomic mass is 9.82. The van der Waals surface area contributed by atoms with Crippen LogP contribution in [0.15, 0.2) is 24.3 Å². The molecule has 0 bridgehead atoms. The molecule has 0 heterocycles. The van der Waals surface area contributed by atoms with Crippen molar-refractivity contribution in [3.63, 3.8) is 0 Å². The summed E-state index contributed by atoms with van der Waals surface area (Å²) in [6.45, 7) is 0.617. The molecule has 0 atom stereocenters. The van der Waals surface area contributed by atoms with Gasteiger partial charge in [-0.25, -0.2) is 0 Å². The number of ether oxygens (including phenoxy) is 1. The first-order valence-electron chi connectivity index (χ1n) is 9.63. The summed E-state index contributed by atoms with van der Waals surface area (Å²) in [7, 11) is 0. The number of carbonyl (C=O) groups is 2. The number of nitrogens with one attached hydrogen (secondary N) is 2. The lowest BCUT2D eigenvalue weighted by Crippen LogP contribution is -2.55. The van der Waals surface area contributed by atoms with Gasteiger partial charge in [-0.3, -0.25) is 9.59 Å². The zero-order valence-corrected chi connectivity index (χ0v) is 16.5. The maximum Gasteiger partial charge on any atom is 0.258 e. The average Bonchev–Trinajstić information content (AvgIpc) is 3.45. The van der Waals surface area contributed by atoms with Crippen molar-refractivity contribution in [1.29, 1.82) is 0 Å². The number of amides is 2. The van der Waals surface area contributed by atoms with Crippen LogP contribution in [0.3, 0.4) is 0 Å². The molecule has 2 aliphatic rings. The fraction of sp³-hybridized carbons (Fsp3) is 0.600. The van der Waals surface area contributed by atoms with Crippen molar-refractivity contribution in [3.05, 3.63) is 29.8 Å². The van der Waals surface area contributed by atoms with E-state index in [-0.39, 0.29) is 30.8 Å². The van der Waals surface area contributed by atoms with Crippen molar-refractivity contribution < 1.29 is 14.3 Å². The number of benzene rings is 1. The number of hydrogen-bond donors (Lipinski definition) is 3. The molecule has 0 saturated heterocycles. The van der Waals surface area contributed by atoms with Crippen LogP contribution in [0.25, 0.3) is 0 Å². The predicted molar refractivity (Wildman–Crippen MR) is 107 cm³/mol. The summed E-state index contributed by atoms with van der Waals surface area (Å²) < 4.78 is 5.49. The van der Waals surface area contributed by atoms with Crippen molar-refractivity contribution in [3.8, 4) is 5.75 Å². The summed E-state index contributed by atoms with van der Waals surface area (Å²) in [5.74, 6) is 0.573. The SMILES string of the molecule is Cl.NC1(C(=O)NCCc2ccc(OCC(=O)NC3CC3)cc2)CCCCC1. The van der Waals surface area contributed by atoms with E-state index in [1.165, 1.54) is 6.42 Å². The van der Waals surface area contributed by atoms with Crippen LogP contribution in [0.5, 0.6) is 5.75 Å². The van der Waals surface area contributed by atoms with Gasteiger partial charge in [0, 0.05) is 12.6 Å². The summed E-state index contributed by atoms with van der Waals surface area (Å²) in [6, 6.07) is 7.98. The maximum atomic E-state index is 12.3. The molecule has 2 aliphatic carbocycles. The van der Waals surface area contributed by atoms with E-state index in [1.807, 2.05) is 24.3 Å². The van der Waals surface area contributed by atoms with Crippen molar-refractivity contribution in [2.75, 3.05) is 13.2 Å². The molecule has 150 valence electrons. The molecule has 7 heteroatoms. The minimum atomic E-state index is -0.684. The van der Waals surface area contributed by atoms with Crippen LogP contribution in [0.2, 0.25) is 0 Å². The van der Waals surface area contributed by atoms with Crippen molar-refractivity contribution >= 4 is 24.2 Å². The molecule has 4 N–H and O–H groups in total. The summed E-state index contributed by atoms with van der Waals surface area (Å²) in [5, 5.41) is 5.86. The number of hydrogen-bond acceptors (Lipinski definition) is 4. The largest absolute Gasteiger partial charge is 0.484 e. The quantitative estimate of drug-likeness (QED) is 0.628. The van der Waals surface area contributed by atoms with Crippen LogP contribution in [0.1, 0.15) is 50.5 Å². The second kappa shape index (κ2) is 9.95. The Labute approximate surface area is 167 Å². The summed E-state index contributed by atoms with van der Waals surface area (Å²) in [5.41, 5.74) is 6.66. The highest BCUT2D eigenvalue weighted by atomic mass is 35.5. The van der Waals surface area contributed by atoms with Gasteiger partial charge in [0.05, 0.1) is 5.54 Å². The Kier molecular flexibility index (Phi) is 7.92. The van der Waals surface area contributed by atoms with Crippen LogP contribution in [-0.4, -0.2) is 36.5 Å². The van der Waals surface area contributed by atoms with Gasteiger partial charge in [0.25, 0.3) is 5.91 Å². The van der Waals surface area contributed by atoms with Crippen LogP contribution < -0.4 is 21.1 Å². The lowest BCUT2D eigenvalue weighted by molar-refractivity contribution is -0.127. The third kappa shape index (κ3) is 6.70. The highest BCUT2D eigenvalue weighted by Crippen LogP contribution is 2.26. The Balaban J connectivity index is 0.00000261. The van der Waals surface area contributed by atoms with E-state index in [0.717, 1.165) is 50.5 Å². The predicted octanol–water partition coefficient (Wildman–Crippen LogP) is 2.09. The third-order valence-corrected chi connectivity index (χ3v) is 5.13. The average molecular weight is 396 g/mol. The van der Waals surface area contributed by atoms with Gasteiger partial charge in [-0.15, -0.1) is 12.4 Å². The molecule has 0 aliphatic heterocycles. The Bertz CT molecular complexity index is 626. The van der Waals surface area contributed by atoms with Crippen molar-refractivity contribution in [1.82, 2.24) is 10.6 Å². The Morgan fingerprint density at radius 3 is 2.41 bits per heavy atom. The minimum Gasteiger partial charge on any atom is -0.484 e. The maximum absolute atomic E-state index is 12.3. The number of nitrogens with two attached hydrogens (primary N) is 1. The zero-order valence-electron chi connectivity index (χ0n) is 15.7. The van der Waals surface area contributed by atoms with Gasteiger partial charge in [0.2, 0.25) is 5.91 Å². The van der Waals surface area contributed by atoms with E-state index in [2.05, 4.69) is 10.6 Å². The van der Waals surface area contributed by atoms with Gasteiger partial charge >= 0.3 is 0 Å². The Hall–Kier alpha value is -1.79. The second-order valence-electron chi connectivity index (χ2n) is 7.50. The van der Waals surface area contributed by atoms with E-state index in [9.17, 15) is 9.59 Å². The topological polar surface area (TPSA) is 93.5 Å². The number of carbonyl (C=O) groups excluding carboxylic acids is 2. The molecule has 1 aromatic carbocycles. The monoisotopic (exact) mass is 395 g/mol. The fourth-order valence-corrected chi connectivity index (χ4v) is 3.30. The van der Waals surface area contributed by atoms with E-state index in [4.69, 9.17) is 10.5 Å². The zero-order chi connectivity index (χ0) is 18.4. The summed E-state index contributed by atoms with van der Waals surface area (Å²) in [6.07, 6.45) is 7.67. The molecule has 2 fully saturated rings. The van der Waals surface area contributed by atoms with Gasteiger partial charge in [0.15, 0.2) is 6.61 Å². The molecular formula is C20H30ClN3O3. The Morgan fingerprint density at radius 2 is 1.78 bits per heavy atom. The molecule has 6 nitrogen and oxygen atoms in total. The van der Waals surface area contributed by atoms with Crippen LogP contribution in [-0.2, 0) is 16.0 Å². The molecule has 2 saturated carbocycles. The highest BCUT2D eigenvalue weighted by Gasteiger charge is 2.34. The molecule has 0 aromatic heterocycles. The number of halogens is 1. The van der Waals surface area contributed by atoms with Gasteiger partial charge in [-0.05, 0) is 49.8 Å². The summed E-state index contributed by atoms with van der Waals surface area (Å²) in [4.78, 5) is 23.9. The minimum absolute atomic E-state index is 0. The molecule has 27 heavy (non-hydrogen) atoms. The van der Waals surface area contributed by atoms with Crippen LogP contribution in [0.4, 0.5) is 0 Å². The Morgan fingerprint density at radius 1 is 1.11 bits per heavy atom.